The predicted molar refractivity (Wildman–Crippen MR) is 101 cm³/mol. The Labute approximate surface area is 151 Å². The minimum Gasteiger partial charge on any atom is -0.492 e. The van der Waals surface area contributed by atoms with Gasteiger partial charge in [0.15, 0.2) is 0 Å². The van der Waals surface area contributed by atoms with E-state index >= 15 is 0 Å². The quantitative estimate of drug-likeness (QED) is 0.828. The topological polar surface area (TPSA) is 55.4 Å². The molecule has 0 amide bonds. The first-order valence-electron chi connectivity index (χ1n) is 8.49. The van der Waals surface area contributed by atoms with E-state index in [0.29, 0.717) is 12.4 Å². The summed E-state index contributed by atoms with van der Waals surface area (Å²) in [6.07, 6.45) is 0. The summed E-state index contributed by atoms with van der Waals surface area (Å²) in [5.41, 5.74) is 1.71. The lowest BCUT2D eigenvalue weighted by atomic mass is 9.87. The summed E-state index contributed by atoms with van der Waals surface area (Å²) >= 11 is 0. The van der Waals surface area contributed by atoms with E-state index in [4.69, 9.17) is 4.74 Å². The molecule has 0 saturated heterocycles. The summed E-state index contributed by atoms with van der Waals surface area (Å²) < 4.78 is 34.3. The third-order valence-corrected chi connectivity index (χ3v) is 5.59. The van der Waals surface area contributed by atoms with Crippen molar-refractivity contribution in [3.8, 4) is 5.75 Å². The molecule has 1 N–H and O–H groups in total. The summed E-state index contributed by atoms with van der Waals surface area (Å²) in [6, 6.07) is 14.5. The van der Waals surface area contributed by atoms with Crippen LogP contribution in [-0.4, -0.2) is 15.0 Å². The van der Waals surface area contributed by atoms with Crippen LogP contribution < -0.4 is 9.46 Å². The lowest BCUT2D eigenvalue weighted by Gasteiger charge is -2.22. The maximum Gasteiger partial charge on any atom is 0.244 e. The van der Waals surface area contributed by atoms with Gasteiger partial charge in [-0.05, 0) is 42.5 Å². The Hall–Kier alpha value is -1.85. The molecule has 25 heavy (non-hydrogen) atoms. The van der Waals surface area contributed by atoms with E-state index in [-0.39, 0.29) is 16.4 Å². The maximum absolute atomic E-state index is 13.0. The van der Waals surface area contributed by atoms with Gasteiger partial charge in [-0.15, -0.1) is 0 Å². The highest BCUT2D eigenvalue weighted by Crippen LogP contribution is 2.31. The predicted octanol–water partition coefficient (Wildman–Crippen LogP) is 4.42. The van der Waals surface area contributed by atoms with Gasteiger partial charge in [0.2, 0.25) is 10.0 Å². The molecule has 0 bridgehead atoms. The zero-order valence-electron chi connectivity index (χ0n) is 15.5. The zero-order valence-corrected chi connectivity index (χ0v) is 16.4. The summed E-state index contributed by atoms with van der Waals surface area (Å²) in [7, 11) is -3.72. The Balaban J connectivity index is 2.42. The van der Waals surface area contributed by atoms with Crippen LogP contribution in [-0.2, 0) is 15.4 Å². The van der Waals surface area contributed by atoms with Gasteiger partial charge in [-0.1, -0.05) is 57.2 Å². The van der Waals surface area contributed by atoms with E-state index in [2.05, 4.69) is 25.5 Å². The fraction of sp³-hybridized carbons (Fsp3) is 0.400. The molecule has 0 radical (unpaired) electrons. The van der Waals surface area contributed by atoms with Crippen molar-refractivity contribution in [3.05, 3.63) is 59.7 Å². The number of sulfonamides is 1. The van der Waals surface area contributed by atoms with Crippen LogP contribution in [0.3, 0.4) is 0 Å². The number of hydrogen-bond donors (Lipinski definition) is 1. The van der Waals surface area contributed by atoms with Crippen LogP contribution in [0.4, 0.5) is 0 Å². The van der Waals surface area contributed by atoms with Crippen molar-refractivity contribution in [2.24, 2.45) is 0 Å². The molecule has 0 heterocycles. The van der Waals surface area contributed by atoms with Crippen molar-refractivity contribution in [1.82, 2.24) is 4.72 Å². The normalized spacial score (nSPS) is 13.5. The van der Waals surface area contributed by atoms with E-state index in [1.165, 1.54) is 0 Å². The first-order valence-corrected chi connectivity index (χ1v) is 9.98. The fourth-order valence-electron chi connectivity index (χ4n) is 2.57. The third-order valence-electron chi connectivity index (χ3n) is 4.03. The fourth-order valence-corrected chi connectivity index (χ4v) is 3.97. The molecule has 5 heteroatoms. The van der Waals surface area contributed by atoms with E-state index in [9.17, 15) is 8.42 Å². The van der Waals surface area contributed by atoms with E-state index < -0.39 is 10.0 Å². The van der Waals surface area contributed by atoms with Crippen LogP contribution in [0, 0.1) is 0 Å². The lowest BCUT2D eigenvalue weighted by molar-refractivity contribution is 0.330. The molecule has 0 fully saturated rings. The molecular weight excluding hydrogens is 334 g/mol. The second-order valence-electron chi connectivity index (χ2n) is 7.10. The Morgan fingerprint density at radius 3 is 2.28 bits per heavy atom. The molecule has 0 aromatic heterocycles. The average Bonchev–Trinajstić information content (AvgIpc) is 2.54. The molecule has 2 aromatic rings. The van der Waals surface area contributed by atoms with Gasteiger partial charge in [0, 0.05) is 6.04 Å². The lowest BCUT2D eigenvalue weighted by Crippen LogP contribution is -2.28. The molecule has 0 spiro atoms. The molecule has 0 saturated carbocycles. The second-order valence-corrected chi connectivity index (χ2v) is 8.78. The number of hydrogen-bond acceptors (Lipinski definition) is 3. The minimum atomic E-state index is -3.72. The molecule has 0 aliphatic rings. The minimum absolute atomic E-state index is 0.153. The number of benzene rings is 2. The first kappa shape index (κ1) is 19.5. The van der Waals surface area contributed by atoms with Gasteiger partial charge in [0.05, 0.1) is 6.61 Å². The highest BCUT2D eigenvalue weighted by Gasteiger charge is 2.25. The van der Waals surface area contributed by atoms with Crippen LogP contribution in [0.1, 0.15) is 51.8 Å². The monoisotopic (exact) mass is 361 g/mol. The zero-order chi connectivity index (χ0) is 18.7. The van der Waals surface area contributed by atoms with Crippen molar-refractivity contribution in [1.29, 1.82) is 0 Å². The summed E-state index contributed by atoms with van der Waals surface area (Å²) in [5.74, 6) is 0.378. The van der Waals surface area contributed by atoms with Crippen molar-refractivity contribution in [2.75, 3.05) is 6.61 Å². The van der Waals surface area contributed by atoms with Gasteiger partial charge in [-0.25, -0.2) is 13.1 Å². The van der Waals surface area contributed by atoms with Crippen molar-refractivity contribution < 1.29 is 13.2 Å². The Bertz CT molecular complexity index is 809. The Kier molecular flexibility index (Phi) is 5.91. The Morgan fingerprint density at radius 1 is 1.08 bits per heavy atom. The Morgan fingerprint density at radius 2 is 1.72 bits per heavy atom. The van der Waals surface area contributed by atoms with Gasteiger partial charge in [-0.2, -0.15) is 0 Å². The van der Waals surface area contributed by atoms with Crippen LogP contribution in [0.5, 0.6) is 5.75 Å². The standard InChI is InChI=1S/C20H27NO3S/c1-6-24-18-13-12-17(20(3,4)5)14-19(18)25(22,23)21-15(2)16-10-8-7-9-11-16/h7-15,21H,6H2,1-5H3. The molecule has 1 atom stereocenters. The largest absolute Gasteiger partial charge is 0.492 e. The SMILES string of the molecule is CCOc1ccc(C(C)(C)C)cc1S(=O)(=O)NC(C)c1ccccc1. The van der Waals surface area contributed by atoms with Crippen LogP contribution in [0.25, 0.3) is 0 Å². The van der Waals surface area contributed by atoms with E-state index in [1.54, 1.807) is 12.1 Å². The summed E-state index contributed by atoms with van der Waals surface area (Å²) in [6.45, 7) is 10.2. The van der Waals surface area contributed by atoms with Gasteiger partial charge >= 0.3 is 0 Å². The van der Waals surface area contributed by atoms with Gasteiger partial charge < -0.3 is 4.74 Å². The smallest absolute Gasteiger partial charge is 0.244 e. The van der Waals surface area contributed by atoms with E-state index in [1.807, 2.05) is 50.2 Å². The molecule has 2 rings (SSSR count). The number of ether oxygens (including phenoxy) is 1. The van der Waals surface area contributed by atoms with Gasteiger partial charge in [-0.3, -0.25) is 0 Å². The molecule has 0 aliphatic heterocycles. The van der Waals surface area contributed by atoms with Crippen molar-refractivity contribution in [3.63, 3.8) is 0 Å². The number of rotatable bonds is 6. The molecule has 0 aliphatic carbocycles. The average molecular weight is 362 g/mol. The van der Waals surface area contributed by atoms with Crippen LogP contribution in [0.15, 0.2) is 53.4 Å². The van der Waals surface area contributed by atoms with Gasteiger partial charge in [0.1, 0.15) is 10.6 Å². The summed E-state index contributed by atoms with van der Waals surface area (Å²) in [5, 5.41) is 0. The highest BCUT2D eigenvalue weighted by molar-refractivity contribution is 7.89. The van der Waals surface area contributed by atoms with Crippen molar-refractivity contribution in [2.45, 2.75) is 51.0 Å². The van der Waals surface area contributed by atoms with Crippen LogP contribution in [0.2, 0.25) is 0 Å². The molecule has 136 valence electrons. The molecule has 1 unspecified atom stereocenters. The number of nitrogens with one attached hydrogen (secondary N) is 1. The van der Waals surface area contributed by atoms with Crippen LogP contribution >= 0.6 is 0 Å². The second kappa shape index (κ2) is 7.58. The van der Waals surface area contributed by atoms with Gasteiger partial charge in [0.25, 0.3) is 0 Å². The molecular formula is C20H27NO3S. The summed E-state index contributed by atoms with van der Waals surface area (Å²) in [4.78, 5) is 0.185. The van der Waals surface area contributed by atoms with E-state index in [0.717, 1.165) is 11.1 Å². The maximum atomic E-state index is 13.0. The first-order chi connectivity index (χ1) is 11.6. The third kappa shape index (κ3) is 4.83. The van der Waals surface area contributed by atoms with Crippen molar-refractivity contribution >= 4 is 10.0 Å². The molecule has 2 aromatic carbocycles. The highest BCUT2D eigenvalue weighted by atomic mass is 32.2. The molecule has 4 nitrogen and oxygen atoms in total.